The molecule has 0 radical (unpaired) electrons. The number of rotatable bonds is 6. The fourth-order valence-corrected chi connectivity index (χ4v) is 4.11. The fraction of sp³-hybridized carbons (Fsp3) is 0.444. The second kappa shape index (κ2) is 6.63. The maximum atomic E-state index is 3.66. The summed E-state index contributed by atoms with van der Waals surface area (Å²) in [5.41, 5.74) is 4.36. The summed E-state index contributed by atoms with van der Waals surface area (Å²) in [6, 6.07) is 11.5. The van der Waals surface area contributed by atoms with Crippen molar-refractivity contribution < 1.29 is 0 Å². The predicted octanol–water partition coefficient (Wildman–Crippen LogP) is 4.16. The van der Waals surface area contributed by atoms with Gasteiger partial charge in [0.15, 0.2) is 0 Å². The van der Waals surface area contributed by atoms with Crippen LogP contribution in [0.4, 0.5) is 5.69 Å². The van der Waals surface area contributed by atoms with E-state index < -0.39 is 0 Å². The van der Waals surface area contributed by atoms with E-state index in [1.54, 1.807) is 0 Å². The van der Waals surface area contributed by atoms with Crippen molar-refractivity contribution in [1.29, 1.82) is 0 Å². The number of thiophene rings is 1. The Balaban J connectivity index is 1.44. The second-order valence-corrected chi connectivity index (χ2v) is 6.81. The minimum absolute atomic E-state index is 0.468. The Morgan fingerprint density at radius 2 is 2.14 bits per heavy atom. The van der Waals surface area contributed by atoms with E-state index in [9.17, 15) is 0 Å². The maximum absolute atomic E-state index is 3.66. The van der Waals surface area contributed by atoms with Crippen LogP contribution in [0.3, 0.4) is 0 Å². The predicted molar refractivity (Wildman–Crippen MR) is 92.4 cm³/mol. The van der Waals surface area contributed by atoms with Crippen LogP contribution in [0.2, 0.25) is 0 Å². The first-order valence-electron chi connectivity index (χ1n) is 7.86. The molecule has 0 spiro atoms. The van der Waals surface area contributed by atoms with Crippen LogP contribution in [0.1, 0.15) is 35.4 Å². The minimum atomic E-state index is 0.468. The number of benzene rings is 1. The first-order valence-corrected chi connectivity index (χ1v) is 8.74. The first kappa shape index (κ1) is 14.6. The molecule has 1 aromatic carbocycles. The van der Waals surface area contributed by atoms with Gasteiger partial charge in [0.25, 0.3) is 0 Å². The third kappa shape index (κ3) is 3.30. The van der Waals surface area contributed by atoms with Crippen molar-refractivity contribution in [2.24, 2.45) is 0 Å². The molecular formula is C18H24N2S. The van der Waals surface area contributed by atoms with E-state index in [1.807, 2.05) is 11.3 Å². The Hall–Kier alpha value is -1.32. The summed E-state index contributed by atoms with van der Waals surface area (Å²) in [7, 11) is 0. The molecule has 3 heteroatoms. The quantitative estimate of drug-likeness (QED) is 0.806. The van der Waals surface area contributed by atoms with Gasteiger partial charge in [0, 0.05) is 29.7 Å². The van der Waals surface area contributed by atoms with E-state index >= 15 is 0 Å². The molecule has 1 N–H and O–H groups in total. The molecule has 1 unspecified atom stereocenters. The van der Waals surface area contributed by atoms with Crippen LogP contribution in [0, 0.1) is 6.92 Å². The van der Waals surface area contributed by atoms with Crippen LogP contribution in [0.15, 0.2) is 35.7 Å². The highest BCUT2D eigenvalue weighted by atomic mass is 32.1. The number of nitrogens with one attached hydrogen (secondary N) is 1. The molecule has 2 nitrogen and oxygen atoms in total. The number of fused-ring (bicyclic) bond motifs is 1. The molecule has 3 rings (SSSR count). The number of nitrogens with zero attached hydrogens (tertiary/aromatic N) is 1. The number of aryl methyl sites for hydroxylation is 1. The van der Waals surface area contributed by atoms with Crippen LogP contribution in [0.25, 0.3) is 0 Å². The third-order valence-corrected chi connectivity index (χ3v) is 5.54. The molecule has 0 saturated heterocycles. The number of anilines is 1. The van der Waals surface area contributed by atoms with Crippen LogP contribution in [-0.4, -0.2) is 19.6 Å². The number of hydrogen-bond acceptors (Lipinski definition) is 3. The average molecular weight is 300 g/mol. The van der Waals surface area contributed by atoms with Gasteiger partial charge in [-0.2, -0.15) is 0 Å². The number of hydrogen-bond donors (Lipinski definition) is 1. The summed E-state index contributed by atoms with van der Waals surface area (Å²) < 4.78 is 0. The maximum Gasteiger partial charge on any atom is 0.0399 e. The molecule has 1 atom stereocenters. The van der Waals surface area contributed by atoms with Crippen molar-refractivity contribution in [3.8, 4) is 0 Å². The molecule has 21 heavy (non-hydrogen) atoms. The van der Waals surface area contributed by atoms with Gasteiger partial charge >= 0.3 is 0 Å². The van der Waals surface area contributed by atoms with E-state index in [0.717, 1.165) is 13.1 Å². The molecule has 1 aliphatic rings. The standard InChI is InChI=1S/C18H24N2S/c1-14-9-13-21-18(14)15(2)19-10-5-11-20-12-8-16-6-3-4-7-17(16)20/h3-4,6-7,9,13,15,19H,5,8,10-12H2,1-2H3. The molecule has 1 aliphatic heterocycles. The van der Waals surface area contributed by atoms with E-state index in [0.29, 0.717) is 6.04 Å². The summed E-state index contributed by atoms with van der Waals surface area (Å²) in [5, 5.41) is 5.84. The van der Waals surface area contributed by atoms with Crippen LogP contribution in [-0.2, 0) is 6.42 Å². The summed E-state index contributed by atoms with van der Waals surface area (Å²) in [4.78, 5) is 4.00. The largest absolute Gasteiger partial charge is 0.371 e. The van der Waals surface area contributed by atoms with Gasteiger partial charge in [-0.1, -0.05) is 18.2 Å². The molecular weight excluding hydrogens is 276 g/mol. The van der Waals surface area contributed by atoms with Gasteiger partial charge in [-0.15, -0.1) is 11.3 Å². The topological polar surface area (TPSA) is 15.3 Å². The highest BCUT2D eigenvalue weighted by Gasteiger charge is 2.17. The molecule has 2 heterocycles. The Morgan fingerprint density at radius 3 is 2.95 bits per heavy atom. The third-order valence-electron chi connectivity index (χ3n) is 4.33. The normalized spacial score (nSPS) is 15.2. The highest BCUT2D eigenvalue weighted by Crippen LogP contribution is 2.27. The number of para-hydroxylation sites is 1. The lowest BCUT2D eigenvalue weighted by atomic mass is 10.2. The minimum Gasteiger partial charge on any atom is -0.371 e. The SMILES string of the molecule is Cc1ccsc1C(C)NCCCN1CCc2ccccc21. The summed E-state index contributed by atoms with van der Waals surface area (Å²) in [6.07, 6.45) is 2.40. The van der Waals surface area contributed by atoms with Crippen molar-refractivity contribution in [3.63, 3.8) is 0 Å². The lowest BCUT2D eigenvalue weighted by molar-refractivity contribution is 0.560. The Morgan fingerprint density at radius 1 is 1.29 bits per heavy atom. The molecule has 0 amide bonds. The van der Waals surface area contributed by atoms with Gasteiger partial charge in [0.2, 0.25) is 0 Å². The zero-order valence-electron chi connectivity index (χ0n) is 12.9. The lowest BCUT2D eigenvalue weighted by Crippen LogP contribution is -2.27. The molecule has 1 aromatic heterocycles. The monoisotopic (exact) mass is 300 g/mol. The van der Waals surface area contributed by atoms with Gasteiger partial charge in [-0.3, -0.25) is 0 Å². The zero-order valence-corrected chi connectivity index (χ0v) is 13.7. The second-order valence-electron chi connectivity index (χ2n) is 5.86. The molecule has 0 saturated carbocycles. The summed E-state index contributed by atoms with van der Waals surface area (Å²) in [5.74, 6) is 0. The van der Waals surface area contributed by atoms with Crippen molar-refractivity contribution >= 4 is 17.0 Å². The smallest absolute Gasteiger partial charge is 0.0399 e. The first-order chi connectivity index (χ1) is 10.3. The molecule has 0 bridgehead atoms. The van der Waals surface area contributed by atoms with Gasteiger partial charge in [-0.05, 0) is 61.9 Å². The lowest BCUT2D eigenvalue weighted by Gasteiger charge is -2.20. The van der Waals surface area contributed by atoms with Crippen molar-refractivity contribution in [2.45, 2.75) is 32.7 Å². The van der Waals surface area contributed by atoms with Crippen LogP contribution < -0.4 is 10.2 Å². The Kier molecular flexibility index (Phi) is 4.61. The van der Waals surface area contributed by atoms with E-state index in [2.05, 4.69) is 59.8 Å². The van der Waals surface area contributed by atoms with Gasteiger partial charge < -0.3 is 10.2 Å². The van der Waals surface area contributed by atoms with Crippen molar-refractivity contribution in [2.75, 3.05) is 24.5 Å². The molecule has 0 fully saturated rings. The summed E-state index contributed by atoms with van der Waals surface area (Å²) in [6.45, 7) is 7.88. The Labute approximate surface area is 131 Å². The zero-order chi connectivity index (χ0) is 14.7. The summed E-state index contributed by atoms with van der Waals surface area (Å²) >= 11 is 1.86. The van der Waals surface area contributed by atoms with E-state index in [-0.39, 0.29) is 0 Å². The van der Waals surface area contributed by atoms with Crippen LogP contribution in [0.5, 0.6) is 0 Å². The van der Waals surface area contributed by atoms with E-state index in [1.165, 1.54) is 41.1 Å². The average Bonchev–Trinajstić information content (AvgIpc) is 3.10. The van der Waals surface area contributed by atoms with Gasteiger partial charge in [-0.25, -0.2) is 0 Å². The Bertz CT molecular complexity index is 590. The van der Waals surface area contributed by atoms with Gasteiger partial charge in [0.1, 0.15) is 0 Å². The molecule has 2 aromatic rings. The fourth-order valence-electron chi connectivity index (χ4n) is 3.15. The van der Waals surface area contributed by atoms with E-state index in [4.69, 9.17) is 0 Å². The van der Waals surface area contributed by atoms with Crippen molar-refractivity contribution in [1.82, 2.24) is 5.32 Å². The molecule has 0 aliphatic carbocycles. The van der Waals surface area contributed by atoms with Crippen molar-refractivity contribution in [3.05, 3.63) is 51.7 Å². The molecule has 112 valence electrons. The van der Waals surface area contributed by atoms with Gasteiger partial charge in [0.05, 0.1) is 0 Å². The highest BCUT2D eigenvalue weighted by molar-refractivity contribution is 7.10. The van der Waals surface area contributed by atoms with Crippen LogP contribution >= 0.6 is 11.3 Å².